The zero-order valence-corrected chi connectivity index (χ0v) is 10.7. The molecule has 0 aliphatic heterocycles. The van der Waals surface area contributed by atoms with Crippen LogP contribution in [0.4, 0.5) is 4.39 Å². The maximum Gasteiger partial charge on any atom is 0.474 e. The van der Waals surface area contributed by atoms with Crippen molar-refractivity contribution >= 4 is 13.8 Å². The Bertz CT molecular complexity index is 296. The highest BCUT2D eigenvalue weighted by molar-refractivity contribution is 7.48. The average molecular weight is 270 g/mol. The number of carbonyl (C=O) groups is 1. The third-order valence-corrected chi connectivity index (χ3v) is 3.01. The summed E-state index contributed by atoms with van der Waals surface area (Å²) < 4.78 is 42.7. The van der Waals surface area contributed by atoms with Gasteiger partial charge in [0.2, 0.25) is 5.83 Å². The smallest absolute Gasteiger partial charge is 0.458 e. The Kier molecular flexibility index (Phi) is 7.99. The van der Waals surface area contributed by atoms with Gasteiger partial charge < -0.3 is 4.74 Å². The molecule has 0 spiro atoms. The maximum atomic E-state index is 12.2. The minimum Gasteiger partial charge on any atom is -0.458 e. The summed E-state index contributed by atoms with van der Waals surface area (Å²) in [7, 11) is -3.61. The molecule has 0 N–H and O–H groups in total. The van der Waals surface area contributed by atoms with Gasteiger partial charge in [-0.05, 0) is 13.8 Å². The third-order valence-electron chi connectivity index (χ3n) is 1.36. The van der Waals surface area contributed by atoms with Crippen molar-refractivity contribution in [2.45, 2.75) is 13.8 Å². The maximum absolute atomic E-state index is 12.2. The lowest BCUT2D eigenvalue weighted by atomic mass is 10.6. The number of hydrogen-bond donors (Lipinski definition) is 0. The molecule has 0 unspecified atom stereocenters. The highest BCUT2D eigenvalue weighted by atomic mass is 31.2. The second-order valence-electron chi connectivity index (χ2n) is 2.66. The van der Waals surface area contributed by atoms with Crippen LogP contribution in [0.25, 0.3) is 0 Å². The fourth-order valence-corrected chi connectivity index (χ4v) is 1.94. The van der Waals surface area contributed by atoms with Crippen LogP contribution in [-0.2, 0) is 27.7 Å². The van der Waals surface area contributed by atoms with Gasteiger partial charge in [0.1, 0.15) is 6.61 Å². The predicted octanol–water partition coefficient (Wildman–Crippen LogP) is 2.21. The van der Waals surface area contributed by atoms with Gasteiger partial charge in [-0.1, -0.05) is 6.58 Å². The van der Waals surface area contributed by atoms with Crippen molar-refractivity contribution in [3.63, 3.8) is 0 Å². The Morgan fingerprint density at radius 2 is 1.71 bits per heavy atom. The lowest BCUT2D eigenvalue weighted by molar-refractivity contribution is -0.141. The molecule has 0 aliphatic rings. The van der Waals surface area contributed by atoms with E-state index in [4.69, 9.17) is 13.6 Å². The first-order valence-electron chi connectivity index (χ1n) is 5.00. The number of esters is 1. The third kappa shape index (κ3) is 7.23. The highest BCUT2D eigenvalue weighted by Gasteiger charge is 2.25. The molecule has 0 heterocycles. The fourth-order valence-electron chi connectivity index (χ4n) is 0.790. The van der Waals surface area contributed by atoms with Crippen molar-refractivity contribution in [1.82, 2.24) is 0 Å². The summed E-state index contributed by atoms with van der Waals surface area (Å²) >= 11 is 0. The molecule has 0 aromatic rings. The van der Waals surface area contributed by atoms with Gasteiger partial charge in [0, 0.05) is 0 Å². The van der Waals surface area contributed by atoms with Gasteiger partial charge in [0.05, 0.1) is 19.8 Å². The SMILES string of the molecule is C=C(F)C(=O)OCCOP(=O)(OCC)OCC. The van der Waals surface area contributed by atoms with Gasteiger partial charge in [-0.2, -0.15) is 4.39 Å². The van der Waals surface area contributed by atoms with E-state index in [1.54, 1.807) is 13.8 Å². The molecule has 100 valence electrons. The van der Waals surface area contributed by atoms with E-state index in [-0.39, 0.29) is 26.4 Å². The number of rotatable bonds is 9. The summed E-state index contributed by atoms with van der Waals surface area (Å²) in [4.78, 5) is 10.6. The first-order valence-corrected chi connectivity index (χ1v) is 6.46. The molecule has 0 amide bonds. The second kappa shape index (κ2) is 8.36. The molecule has 0 aliphatic carbocycles. The monoisotopic (exact) mass is 270 g/mol. The van der Waals surface area contributed by atoms with Crippen LogP contribution < -0.4 is 0 Å². The first kappa shape index (κ1) is 16.2. The fraction of sp³-hybridized carbons (Fsp3) is 0.667. The molecule has 17 heavy (non-hydrogen) atoms. The number of halogens is 1. The molecule has 8 heteroatoms. The Hall–Kier alpha value is -0.750. The van der Waals surface area contributed by atoms with E-state index in [9.17, 15) is 13.8 Å². The van der Waals surface area contributed by atoms with E-state index in [2.05, 4.69) is 11.3 Å². The van der Waals surface area contributed by atoms with Crippen LogP contribution in [0.2, 0.25) is 0 Å². The van der Waals surface area contributed by atoms with E-state index < -0.39 is 19.6 Å². The van der Waals surface area contributed by atoms with Gasteiger partial charge >= 0.3 is 13.8 Å². The Balaban J connectivity index is 3.95. The van der Waals surface area contributed by atoms with E-state index >= 15 is 0 Å². The normalized spacial score (nSPS) is 11.2. The highest BCUT2D eigenvalue weighted by Crippen LogP contribution is 2.48. The van der Waals surface area contributed by atoms with Crippen molar-refractivity contribution in [3.05, 3.63) is 12.4 Å². The standard InChI is InChI=1S/C9H16FO6P/c1-4-14-17(12,15-5-2)16-7-6-13-9(11)8(3)10/h3-7H2,1-2H3. The van der Waals surface area contributed by atoms with Crippen molar-refractivity contribution in [2.24, 2.45) is 0 Å². The molecule has 0 rings (SSSR count). The van der Waals surface area contributed by atoms with Crippen molar-refractivity contribution < 1.29 is 32.1 Å². The quantitative estimate of drug-likeness (QED) is 0.277. The molecule has 0 aromatic heterocycles. The van der Waals surface area contributed by atoms with Crippen LogP contribution in [0, 0.1) is 0 Å². The number of ether oxygens (including phenoxy) is 1. The van der Waals surface area contributed by atoms with Gasteiger partial charge in [-0.15, -0.1) is 0 Å². The minimum absolute atomic E-state index is 0.151. The van der Waals surface area contributed by atoms with Crippen molar-refractivity contribution in [2.75, 3.05) is 26.4 Å². The summed E-state index contributed by atoms with van der Waals surface area (Å²) in [5.74, 6) is -2.39. The summed E-state index contributed by atoms with van der Waals surface area (Å²) in [6, 6.07) is 0. The van der Waals surface area contributed by atoms with Gasteiger partial charge in [0.25, 0.3) is 0 Å². The van der Waals surface area contributed by atoms with Gasteiger partial charge in [-0.25, -0.2) is 9.36 Å². The summed E-state index contributed by atoms with van der Waals surface area (Å²) in [5.41, 5.74) is 0. The Labute approximate surface area is 99.3 Å². The van der Waals surface area contributed by atoms with Crippen LogP contribution >= 0.6 is 7.82 Å². The lowest BCUT2D eigenvalue weighted by Crippen LogP contribution is -2.11. The minimum atomic E-state index is -3.61. The molecule has 0 radical (unpaired) electrons. The van der Waals surface area contributed by atoms with E-state index in [1.807, 2.05) is 0 Å². The molecule has 0 fully saturated rings. The number of hydrogen-bond acceptors (Lipinski definition) is 6. The van der Waals surface area contributed by atoms with Crippen LogP contribution in [-0.4, -0.2) is 32.4 Å². The number of carbonyl (C=O) groups excluding carboxylic acids is 1. The predicted molar refractivity (Wildman–Crippen MR) is 58.0 cm³/mol. The lowest BCUT2D eigenvalue weighted by Gasteiger charge is -2.15. The van der Waals surface area contributed by atoms with E-state index in [1.165, 1.54) is 0 Å². The van der Waals surface area contributed by atoms with Crippen molar-refractivity contribution in [1.29, 1.82) is 0 Å². The van der Waals surface area contributed by atoms with Crippen LogP contribution in [0.5, 0.6) is 0 Å². The largest absolute Gasteiger partial charge is 0.474 e. The zero-order valence-electron chi connectivity index (χ0n) is 9.81. The first-order chi connectivity index (χ1) is 7.95. The molecule has 0 atom stereocenters. The topological polar surface area (TPSA) is 71.1 Å². The average Bonchev–Trinajstić information content (AvgIpc) is 2.24. The summed E-state index contributed by atoms with van der Waals surface area (Å²) in [6.45, 7) is 5.81. The molecular weight excluding hydrogens is 254 g/mol. The zero-order chi connectivity index (χ0) is 13.3. The van der Waals surface area contributed by atoms with E-state index in [0.717, 1.165) is 0 Å². The van der Waals surface area contributed by atoms with Crippen molar-refractivity contribution in [3.8, 4) is 0 Å². The molecule has 0 saturated carbocycles. The molecular formula is C9H16FO6P. The Morgan fingerprint density at radius 3 is 2.12 bits per heavy atom. The molecule has 0 aromatic carbocycles. The van der Waals surface area contributed by atoms with Gasteiger partial charge in [0.15, 0.2) is 0 Å². The number of phosphoric ester groups is 1. The number of phosphoric acid groups is 1. The molecule has 0 bridgehead atoms. The van der Waals surface area contributed by atoms with Crippen LogP contribution in [0.1, 0.15) is 13.8 Å². The van der Waals surface area contributed by atoms with Gasteiger partial charge in [-0.3, -0.25) is 13.6 Å². The second-order valence-corrected chi connectivity index (χ2v) is 4.33. The van der Waals surface area contributed by atoms with Crippen LogP contribution in [0.3, 0.4) is 0 Å². The summed E-state index contributed by atoms with van der Waals surface area (Å²) in [5, 5.41) is 0. The molecule has 6 nitrogen and oxygen atoms in total. The molecule has 0 saturated heterocycles. The summed E-state index contributed by atoms with van der Waals surface area (Å²) in [6.07, 6.45) is 0. The van der Waals surface area contributed by atoms with E-state index in [0.29, 0.717) is 0 Å². The van der Waals surface area contributed by atoms with Crippen LogP contribution in [0.15, 0.2) is 12.4 Å². The Morgan fingerprint density at radius 1 is 1.18 bits per heavy atom.